The van der Waals surface area contributed by atoms with Crippen LogP contribution in [-0.2, 0) is 14.3 Å². The van der Waals surface area contributed by atoms with Crippen LogP contribution in [0.25, 0.3) is 0 Å². The van der Waals surface area contributed by atoms with Crippen molar-refractivity contribution in [3.8, 4) is 0 Å². The molecule has 0 bridgehead atoms. The summed E-state index contributed by atoms with van der Waals surface area (Å²) in [7, 11) is 1.39. The molecule has 0 radical (unpaired) electrons. The summed E-state index contributed by atoms with van der Waals surface area (Å²) in [6, 6.07) is 0. The van der Waals surface area contributed by atoms with E-state index in [-0.39, 0.29) is 16.8 Å². The first-order valence-corrected chi connectivity index (χ1v) is 5.89. The third-order valence-electron chi connectivity index (χ3n) is 3.77. The van der Waals surface area contributed by atoms with E-state index in [9.17, 15) is 9.59 Å². The minimum atomic E-state index is -0.316. The lowest BCUT2D eigenvalue weighted by atomic mass is 9.63. The molecule has 1 saturated carbocycles. The minimum Gasteiger partial charge on any atom is -0.469 e. The van der Waals surface area contributed by atoms with Gasteiger partial charge in [0, 0.05) is 18.3 Å². The van der Waals surface area contributed by atoms with Gasteiger partial charge in [0.1, 0.15) is 5.78 Å². The van der Waals surface area contributed by atoms with E-state index in [1.165, 1.54) is 7.11 Å². The minimum absolute atomic E-state index is 0.127. The van der Waals surface area contributed by atoms with E-state index in [1.54, 1.807) is 0 Å². The summed E-state index contributed by atoms with van der Waals surface area (Å²) in [4.78, 5) is 23.2. The van der Waals surface area contributed by atoms with Gasteiger partial charge in [-0.15, -0.1) is 0 Å². The summed E-state index contributed by atoms with van der Waals surface area (Å²) in [6.07, 6.45) is 3.53. The maximum Gasteiger partial charge on any atom is 0.305 e. The summed E-state index contributed by atoms with van der Waals surface area (Å²) in [5.74, 6) is 0.0755. The molecule has 1 unspecified atom stereocenters. The second-order valence-corrected chi connectivity index (χ2v) is 5.90. The average Bonchev–Trinajstić information content (AvgIpc) is 2.21. The van der Waals surface area contributed by atoms with Crippen LogP contribution in [0.5, 0.6) is 0 Å². The summed E-state index contributed by atoms with van der Waals surface area (Å²) in [5, 5.41) is 0. The van der Waals surface area contributed by atoms with Crippen molar-refractivity contribution in [1.29, 1.82) is 0 Å². The van der Waals surface area contributed by atoms with Crippen LogP contribution in [0.1, 0.15) is 52.9 Å². The molecule has 1 aliphatic rings. The molecule has 1 rings (SSSR count). The molecular formula is C13H22O3. The summed E-state index contributed by atoms with van der Waals surface area (Å²) < 4.78 is 4.61. The molecule has 0 N–H and O–H groups in total. The lowest BCUT2D eigenvalue weighted by molar-refractivity contribution is -0.142. The maximum atomic E-state index is 12.1. The van der Waals surface area contributed by atoms with E-state index < -0.39 is 0 Å². The number of esters is 1. The van der Waals surface area contributed by atoms with E-state index in [4.69, 9.17) is 0 Å². The SMILES string of the molecule is COC(=O)CCC1(C)CCC(C)(C)CC1=O. The fourth-order valence-electron chi connectivity index (χ4n) is 2.23. The third kappa shape index (κ3) is 3.06. The lowest BCUT2D eigenvalue weighted by Gasteiger charge is -2.39. The fourth-order valence-corrected chi connectivity index (χ4v) is 2.23. The van der Waals surface area contributed by atoms with Gasteiger partial charge in [-0.05, 0) is 24.7 Å². The molecule has 1 atom stereocenters. The van der Waals surface area contributed by atoms with Crippen LogP contribution < -0.4 is 0 Å². The van der Waals surface area contributed by atoms with Crippen LogP contribution in [0.15, 0.2) is 0 Å². The van der Waals surface area contributed by atoms with Crippen LogP contribution in [0, 0.1) is 10.8 Å². The molecule has 0 aromatic carbocycles. The summed E-state index contributed by atoms with van der Waals surface area (Å²) in [6.45, 7) is 6.24. The van der Waals surface area contributed by atoms with E-state index >= 15 is 0 Å². The quantitative estimate of drug-likeness (QED) is 0.695. The molecule has 3 nitrogen and oxygen atoms in total. The van der Waals surface area contributed by atoms with Crippen molar-refractivity contribution in [3.05, 3.63) is 0 Å². The van der Waals surface area contributed by atoms with E-state index in [1.807, 2.05) is 6.92 Å². The predicted molar refractivity (Wildman–Crippen MR) is 62.0 cm³/mol. The zero-order valence-electron chi connectivity index (χ0n) is 10.8. The Hall–Kier alpha value is -0.860. The van der Waals surface area contributed by atoms with E-state index in [2.05, 4.69) is 18.6 Å². The molecule has 92 valence electrons. The van der Waals surface area contributed by atoms with Crippen molar-refractivity contribution in [2.24, 2.45) is 10.8 Å². The average molecular weight is 226 g/mol. The number of ether oxygens (including phenoxy) is 1. The highest BCUT2D eigenvalue weighted by molar-refractivity contribution is 5.86. The van der Waals surface area contributed by atoms with Gasteiger partial charge >= 0.3 is 5.97 Å². The number of methoxy groups -OCH3 is 1. The number of carbonyl (C=O) groups is 2. The molecular weight excluding hydrogens is 204 g/mol. The Morgan fingerprint density at radius 3 is 2.44 bits per heavy atom. The number of carbonyl (C=O) groups excluding carboxylic acids is 2. The van der Waals surface area contributed by atoms with Crippen molar-refractivity contribution >= 4 is 11.8 Å². The summed E-state index contributed by atoms with van der Waals surface area (Å²) >= 11 is 0. The number of Topliss-reactive ketones (excluding diaryl/α,β-unsaturated/α-hetero) is 1. The number of rotatable bonds is 3. The number of hydrogen-bond donors (Lipinski definition) is 0. The van der Waals surface area contributed by atoms with E-state index in [0.29, 0.717) is 25.0 Å². The highest BCUT2D eigenvalue weighted by Gasteiger charge is 2.41. The van der Waals surface area contributed by atoms with Crippen LogP contribution in [0.3, 0.4) is 0 Å². The first kappa shape index (κ1) is 13.2. The Kier molecular flexibility index (Phi) is 3.76. The van der Waals surface area contributed by atoms with Crippen molar-refractivity contribution in [2.75, 3.05) is 7.11 Å². The Morgan fingerprint density at radius 2 is 1.94 bits per heavy atom. The Balaban J connectivity index is 2.58. The zero-order valence-corrected chi connectivity index (χ0v) is 10.8. The Morgan fingerprint density at radius 1 is 1.31 bits per heavy atom. The van der Waals surface area contributed by atoms with Gasteiger partial charge in [-0.3, -0.25) is 9.59 Å². The van der Waals surface area contributed by atoms with Gasteiger partial charge in [-0.1, -0.05) is 20.8 Å². The number of hydrogen-bond acceptors (Lipinski definition) is 3. The fraction of sp³-hybridized carbons (Fsp3) is 0.846. The zero-order chi connectivity index (χ0) is 12.4. The van der Waals surface area contributed by atoms with Crippen LogP contribution in [0.4, 0.5) is 0 Å². The van der Waals surface area contributed by atoms with Gasteiger partial charge in [0.25, 0.3) is 0 Å². The van der Waals surface area contributed by atoms with E-state index in [0.717, 1.165) is 12.8 Å². The second kappa shape index (κ2) is 4.56. The largest absolute Gasteiger partial charge is 0.469 e. The molecule has 0 saturated heterocycles. The highest BCUT2D eigenvalue weighted by Crippen LogP contribution is 2.44. The highest BCUT2D eigenvalue weighted by atomic mass is 16.5. The van der Waals surface area contributed by atoms with Gasteiger partial charge in [0.2, 0.25) is 0 Å². The molecule has 1 fully saturated rings. The predicted octanol–water partition coefficient (Wildman–Crippen LogP) is 2.73. The van der Waals surface area contributed by atoms with Crippen LogP contribution >= 0.6 is 0 Å². The molecule has 0 spiro atoms. The van der Waals surface area contributed by atoms with Crippen molar-refractivity contribution < 1.29 is 14.3 Å². The summed E-state index contributed by atoms with van der Waals surface area (Å²) in [5.41, 5.74) is -0.189. The normalized spacial score (nSPS) is 28.9. The second-order valence-electron chi connectivity index (χ2n) is 5.90. The molecule has 0 aliphatic heterocycles. The first-order valence-electron chi connectivity index (χ1n) is 5.89. The van der Waals surface area contributed by atoms with Crippen LogP contribution in [-0.4, -0.2) is 18.9 Å². The van der Waals surface area contributed by atoms with Gasteiger partial charge < -0.3 is 4.74 Å². The molecule has 0 aromatic rings. The Labute approximate surface area is 97.5 Å². The molecule has 0 aromatic heterocycles. The molecule has 1 aliphatic carbocycles. The smallest absolute Gasteiger partial charge is 0.305 e. The number of ketones is 1. The molecule has 0 heterocycles. The lowest BCUT2D eigenvalue weighted by Crippen LogP contribution is -2.38. The third-order valence-corrected chi connectivity index (χ3v) is 3.77. The van der Waals surface area contributed by atoms with Gasteiger partial charge in [-0.25, -0.2) is 0 Å². The van der Waals surface area contributed by atoms with Crippen molar-refractivity contribution in [2.45, 2.75) is 52.9 Å². The maximum absolute atomic E-state index is 12.1. The van der Waals surface area contributed by atoms with Gasteiger partial charge in [-0.2, -0.15) is 0 Å². The standard InChI is InChI=1S/C13H22O3/c1-12(2)7-8-13(3,10(14)9-12)6-5-11(15)16-4/h5-9H2,1-4H3. The topological polar surface area (TPSA) is 43.4 Å². The molecule has 0 amide bonds. The first-order chi connectivity index (χ1) is 7.29. The monoisotopic (exact) mass is 226 g/mol. The van der Waals surface area contributed by atoms with Gasteiger partial charge in [0.15, 0.2) is 0 Å². The van der Waals surface area contributed by atoms with Gasteiger partial charge in [0.05, 0.1) is 7.11 Å². The van der Waals surface area contributed by atoms with Crippen LogP contribution in [0.2, 0.25) is 0 Å². The molecule has 3 heteroatoms. The molecule has 16 heavy (non-hydrogen) atoms. The Bertz CT molecular complexity index is 294. The van der Waals surface area contributed by atoms with Crippen molar-refractivity contribution in [1.82, 2.24) is 0 Å². The van der Waals surface area contributed by atoms with Crippen molar-refractivity contribution in [3.63, 3.8) is 0 Å².